The van der Waals surface area contributed by atoms with Crippen molar-refractivity contribution < 1.29 is 4.79 Å². The molecule has 5 unspecified atom stereocenters. The van der Waals surface area contributed by atoms with Crippen LogP contribution in [0.5, 0.6) is 0 Å². The van der Waals surface area contributed by atoms with Gasteiger partial charge in [-0.05, 0) is 42.4 Å². The number of hydrogen-bond acceptors (Lipinski definition) is 6. The van der Waals surface area contributed by atoms with Gasteiger partial charge in [0.2, 0.25) is 5.91 Å². The number of hydrogen-bond donors (Lipinski definition) is 4. The number of rotatable bonds is 3. The number of aromatic nitrogens is 1. The van der Waals surface area contributed by atoms with Gasteiger partial charge in [0, 0.05) is 49.5 Å². The number of carbonyl (C=O) groups is 1. The van der Waals surface area contributed by atoms with E-state index in [1.807, 2.05) is 12.4 Å². The highest BCUT2D eigenvalue weighted by atomic mass is 16.2. The van der Waals surface area contributed by atoms with Crippen LogP contribution < -0.4 is 21.7 Å². The summed E-state index contributed by atoms with van der Waals surface area (Å²) in [5.41, 5.74) is 14.8. The molecule has 27 heavy (non-hydrogen) atoms. The van der Waals surface area contributed by atoms with Crippen LogP contribution in [0, 0.1) is 5.41 Å². The van der Waals surface area contributed by atoms with Gasteiger partial charge in [0.1, 0.15) is 6.04 Å². The van der Waals surface area contributed by atoms with Crippen LogP contribution in [0.15, 0.2) is 24.5 Å². The molecule has 3 aliphatic rings. The average Bonchev–Trinajstić information content (AvgIpc) is 3.40. The van der Waals surface area contributed by atoms with Crippen molar-refractivity contribution in [3.05, 3.63) is 30.1 Å². The fraction of sp³-hybridized carbons (Fsp3) is 0.700. The smallest absolute Gasteiger partial charge is 0.241 e. The zero-order valence-electron chi connectivity index (χ0n) is 16.5. The summed E-state index contributed by atoms with van der Waals surface area (Å²) in [5.74, 6) is 0.585. The molecule has 0 aliphatic carbocycles. The van der Waals surface area contributed by atoms with E-state index in [4.69, 9.17) is 0 Å². The molecule has 7 nitrogen and oxygen atoms in total. The molecular weight excluding hydrogens is 340 g/mol. The fourth-order valence-corrected chi connectivity index (χ4v) is 4.74. The van der Waals surface area contributed by atoms with E-state index >= 15 is 0 Å². The van der Waals surface area contributed by atoms with Crippen molar-refractivity contribution in [1.82, 2.24) is 31.6 Å². The SMILES string of the molecule is CC(C)(C)C1CC(C(=O)N2CCCC2C2NNCC2c2ccncc2)NN1. The lowest BCUT2D eigenvalue weighted by Crippen LogP contribution is -2.54. The first-order chi connectivity index (χ1) is 12.9. The van der Waals surface area contributed by atoms with Crippen LogP contribution >= 0.6 is 0 Å². The minimum absolute atomic E-state index is 0.135. The quantitative estimate of drug-likeness (QED) is 0.632. The predicted octanol–water partition coefficient (Wildman–Crippen LogP) is 0.914. The molecule has 0 radical (unpaired) electrons. The number of nitrogens with zero attached hydrogens (tertiary/aromatic N) is 2. The fourth-order valence-electron chi connectivity index (χ4n) is 4.74. The third-order valence-electron chi connectivity index (χ3n) is 6.40. The normalized spacial score (nSPS) is 34.3. The zero-order valence-corrected chi connectivity index (χ0v) is 16.5. The first-order valence-corrected chi connectivity index (χ1v) is 10.1. The Morgan fingerprint density at radius 2 is 1.96 bits per heavy atom. The van der Waals surface area contributed by atoms with E-state index in [1.165, 1.54) is 5.56 Å². The van der Waals surface area contributed by atoms with E-state index in [9.17, 15) is 4.79 Å². The van der Waals surface area contributed by atoms with Crippen LogP contribution in [0.3, 0.4) is 0 Å². The maximum atomic E-state index is 13.3. The molecule has 7 heteroatoms. The van der Waals surface area contributed by atoms with Crippen LogP contribution in [0.25, 0.3) is 0 Å². The molecule has 0 saturated carbocycles. The van der Waals surface area contributed by atoms with Crippen molar-refractivity contribution in [2.24, 2.45) is 5.41 Å². The second-order valence-corrected chi connectivity index (χ2v) is 9.17. The molecular formula is C20H32N6O. The average molecular weight is 373 g/mol. The molecule has 5 atom stereocenters. The van der Waals surface area contributed by atoms with E-state index < -0.39 is 0 Å². The van der Waals surface area contributed by atoms with Gasteiger partial charge in [0.05, 0.1) is 0 Å². The van der Waals surface area contributed by atoms with E-state index in [0.29, 0.717) is 12.0 Å². The van der Waals surface area contributed by atoms with Crippen LogP contribution in [0.2, 0.25) is 0 Å². The van der Waals surface area contributed by atoms with Crippen LogP contribution in [-0.4, -0.2) is 53.0 Å². The standard InChI is InChI=1S/C20H32N6O/c1-20(2,3)17-11-15(23-24-17)19(27)26-10-4-5-16(26)18-14(12-22-25-18)13-6-8-21-9-7-13/h6-9,14-18,22-25H,4-5,10-12H2,1-3H3. The molecule has 3 saturated heterocycles. The van der Waals surface area contributed by atoms with Gasteiger partial charge in [-0.2, -0.15) is 0 Å². The molecule has 0 spiro atoms. The van der Waals surface area contributed by atoms with Gasteiger partial charge >= 0.3 is 0 Å². The van der Waals surface area contributed by atoms with E-state index in [2.05, 4.69) is 64.5 Å². The highest BCUT2D eigenvalue weighted by Gasteiger charge is 2.45. The van der Waals surface area contributed by atoms with Crippen molar-refractivity contribution >= 4 is 5.91 Å². The molecule has 3 fully saturated rings. The Morgan fingerprint density at radius 3 is 2.67 bits per heavy atom. The van der Waals surface area contributed by atoms with Crippen molar-refractivity contribution in [1.29, 1.82) is 0 Å². The van der Waals surface area contributed by atoms with Gasteiger partial charge < -0.3 is 4.90 Å². The van der Waals surface area contributed by atoms with Crippen molar-refractivity contribution in [2.75, 3.05) is 13.1 Å². The molecule has 1 amide bonds. The molecule has 4 rings (SSSR count). The van der Waals surface area contributed by atoms with Gasteiger partial charge in [-0.1, -0.05) is 20.8 Å². The molecule has 4 N–H and O–H groups in total. The lowest BCUT2D eigenvalue weighted by atomic mass is 9.84. The zero-order chi connectivity index (χ0) is 19.0. The Labute approximate surface area is 161 Å². The molecule has 148 valence electrons. The van der Waals surface area contributed by atoms with Crippen LogP contribution in [-0.2, 0) is 4.79 Å². The molecule has 1 aromatic heterocycles. The molecule has 0 aromatic carbocycles. The van der Waals surface area contributed by atoms with E-state index in [-0.39, 0.29) is 29.4 Å². The van der Waals surface area contributed by atoms with Crippen molar-refractivity contribution in [3.8, 4) is 0 Å². The number of pyridine rings is 1. The maximum absolute atomic E-state index is 13.3. The second-order valence-electron chi connectivity index (χ2n) is 9.17. The van der Waals surface area contributed by atoms with E-state index in [1.54, 1.807) is 0 Å². The first kappa shape index (κ1) is 18.8. The Morgan fingerprint density at radius 1 is 1.19 bits per heavy atom. The van der Waals surface area contributed by atoms with Crippen LogP contribution in [0.4, 0.5) is 0 Å². The van der Waals surface area contributed by atoms with Gasteiger partial charge in [-0.25, -0.2) is 5.43 Å². The summed E-state index contributed by atoms with van der Waals surface area (Å²) in [6.07, 6.45) is 6.66. The minimum Gasteiger partial charge on any atom is -0.337 e. The Hall–Kier alpha value is -1.54. The highest BCUT2D eigenvalue weighted by Crippen LogP contribution is 2.33. The van der Waals surface area contributed by atoms with Crippen LogP contribution in [0.1, 0.15) is 51.5 Å². The third kappa shape index (κ3) is 3.74. The summed E-state index contributed by atoms with van der Waals surface area (Å²) in [6.45, 7) is 8.37. The first-order valence-electron chi connectivity index (χ1n) is 10.1. The summed E-state index contributed by atoms with van der Waals surface area (Å²) in [7, 11) is 0. The molecule has 1 aromatic rings. The highest BCUT2D eigenvalue weighted by molar-refractivity contribution is 5.83. The van der Waals surface area contributed by atoms with E-state index in [0.717, 1.165) is 32.4 Å². The Balaban J connectivity index is 1.47. The summed E-state index contributed by atoms with van der Waals surface area (Å²) < 4.78 is 0. The predicted molar refractivity (Wildman–Crippen MR) is 105 cm³/mol. The third-order valence-corrected chi connectivity index (χ3v) is 6.40. The number of amides is 1. The number of nitrogens with one attached hydrogen (secondary N) is 4. The lowest BCUT2D eigenvalue weighted by Gasteiger charge is -2.34. The molecule has 0 bridgehead atoms. The largest absolute Gasteiger partial charge is 0.337 e. The van der Waals surface area contributed by atoms with Gasteiger partial charge in [0.25, 0.3) is 0 Å². The second kappa shape index (κ2) is 7.47. The monoisotopic (exact) mass is 372 g/mol. The summed E-state index contributed by atoms with van der Waals surface area (Å²) in [6, 6.07) is 4.80. The van der Waals surface area contributed by atoms with Gasteiger partial charge in [-0.15, -0.1) is 0 Å². The van der Waals surface area contributed by atoms with Gasteiger partial charge in [0.15, 0.2) is 0 Å². The maximum Gasteiger partial charge on any atom is 0.241 e. The van der Waals surface area contributed by atoms with Gasteiger partial charge in [-0.3, -0.25) is 26.1 Å². The summed E-state index contributed by atoms with van der Waals surface area (Å²) in [4.78, 5) is 19.6. The lowest BCUT2D eigenvalue weighted by molar-refractivity contribution is -0.134. The number of likely N-dealkylation sites (tertiary alicyclic amines) is 1. The Bertz CT molecular complexity index is 660. The summed E-state index contributed by atoms with van der Waals surface area (Å²) >= 11 is 0. The van der Waals surface area contributed by atoms with Crippen molar-refractivity contribution in [3.63, 3.8) is 0 Å². The Kier molecular flexibility index (Phi) is 5.20. The summed E-state index contributed by atoms with van der Waals surface area (Å²) in [5, 5.41) is 0. The van der Waals surface area contributed by atoms with Crippen molar-refractivity contribution in [2.45, 2.75) is 70.1 Å². The minimum atomic E-state index is -0.136. The topological polar surface area (TPSA) is 81.3 Å². The molecule has 4 heterocycles. The number of hydrazine groups is 2. The number of carbonyl (C=O) groups excluding carboxylic acids is 1. The molecule has 3 aliphatic heterocycles.